The SMILES string of the molecule is CCOc1ccc(C(=O)NCC(=O)OCc2cc(=O)oc3cc(C)c(Cl)cc23)cc1OCC. The van der Waals surface area contributed by atoms with Crippen LogP contribution in [0.3, 0.4) is 0 Å². The molecular weight excluding hydrogens is 450 g/mol. The maximum absolute atomic E-state index is 12.5. The molecule has 0 aliphatic carbocycles. The van der Waals surface area contributed by atoms with Gasteiger partial charge in [0.15, 0.2) is 11.5 Å². The summed E-state index contributed by atoms with van der Waals surface area (Å²) in [4.78, 5) is 36.5. The first-order valence-electron chi connectivity index (χ1n) is 10.4. The number of hydrogen-bond acceptors (Lipinski definition) is 7. The second kappa shape index (κ2) is 10.9. The monoisotopic (exact) mass is 473 g/mol. The quantitative estimate of drug-likeness (QED) is 0.369. The second-order valence-corrected chi connectivity index (χ2v) is 7.47. The van der Waals surface area contributed by atoms with Gasteiger partial charge in [-0.15, -0.1) is 0 Å². The third-order valence-corrected chi connectivity index (χ3v) is 5.10. The topological polar surface area (TPSA) is 104 Å². The number of nitrogens with one attached hydrogen (secondary N) is 1. The summed E-state index contributed by atoms with van der Waals surface area (Å²) in [5, 5.41) is 3.58. The van der Waals surface area contributed by atoms with E-state index in [-0.39, 0.29) is 13.2 Å². The molecule has 0 aliphatic rings. The van der Waals surface area contributed by atoms with E-state index in [0.717, 1.165) is 5.56 Å². The van der Waals surface area contributed by atoms with Gasteiger partial charge in [-0.05, 0) is 56.7 Å². The summed E-state index contributed by atoms with van der Waals surface area (Å²) in [5.74, 6) is -0.161. The molecule has 0 saturated heterocycles. The van der Waals surface area contributed by atoms with E-state index >= 15 is 0 Å². The molecule has 0 bridgehead atoms. The molecule has 2 aromatic carbocycles. The summed E-state index contributed by atoms with van der Waals surface area (Å²) >= 11 is 6.17. The van der Waals surface area contributed by atoms with Crippen molar-refractivity contribution in [2.45, 2.75) is 27.4 Å². The summed E-state index contributed by atoms with van der Waals surface area (Å²) in [6, 6.07) is 9.32. The van der Waals surface area contributed by atoms with Crippen molar-refractivity contribution in [3.8, 4) is 11.5 Å². The van der Waals surface area contributed by atoms with Crippen molar-refractivity contribution in [2.24, 2.45) is 0 Å². The number of amides is 1. The minimum atomic E-state index is -0.668. The molecule has 1 amide bonds. The van der Waals surface area contributed by atoms with Gasteiger partial charge in [0.05, 0.1) is 13.2 Å². The molecular formula is C24H24ClNO7. The number of carbonyl (C=O) groups excluding carboxylic acids is 2. The first kappa shape index (κ1) is 24.1. The number of halogens is 1. The number of benzene rings is 2. The van der Waals surface area contributed by atoms with E-state index in [4.69, 9.17) is 30.2 Å². The fourth-order valence-corrected chi connectivity index (χ4v) is 3.29. The van der Waals surface area contributed by atoms with Crippen molar-refractivity contribution < 1.29 is 28.2 Å². The van der Waals surface area contributed by atoms with Gasteiger partial charge in [0.2, 0.25) is 0 Å². The van der Waals surface area contributed by atoms with E-state index in [0.29, 0.717) is 51.8 Å². The summed E-state index contributed by atoms with van der Waals surface area (Å²) in [6.07, 6.45) is 0. The fourth-order valence-electron chi connectivity index (χ4n) is 3.12. The van der Waals surface area contributed by atoms with Crippen LogP contribution in [-0.4, -0.2) is 31.6 Å². The van der Waals surface area contributed by atoms with E-state index in [2.05, 4.69) is 5.32 Å². The number of aryl methyl sites for hydroxylation is 1. The molecule has 0 spiro atoms. The number of ether oxygens (including phenoxy) is 3. The van der Waals surface area contributed by atoms with Crippen molar-refractivity contribution in [1.82, 2.24) is 5.32 Å². The third kappa shape index (κ3) is 6.04. The molecule has 33 heavy (non-hydrogen) atoms. The number of rotatable bonds is 9. The zero-order valence-electron chi connectivity index (χ0n) is 18.5. The molecule has 1 heterocycles. The van der Waals surface area contributed by atoms with Crippen molar-refractivity contribution in [1.29, 1.82) is 0 Å². The number of esters is 1. The Kier molecular flexibility index (Phi) is 7.95. The van der Waals surface area contributed by atoms with Gasteiger partial charge >= 0.3 is 11.6 Å². The maximum Gasteiger partial charge on any atom is 0.336 e. The Morgan fingerprint density at radius 3 is 2.48 bits per heavy atom. The fraction of sp³-hybridized carbons (Fsp3) is 0.292. The molecule has 0 aliphatic heterocycles. The molecule has 8 nitrogen and oxygen atoms in total. The molecule has 174 valence electrons. The number of carbonyl (C=O) groups is 2. The highest BCUT2D eigenvalue weighted by atomic mass is 35.5. The maximum atomic E-state index is 12.5. The Labute approximate surface area is 195 Å². The Hall–Kier alpha value is -3.52. The highest BCUT2D eigenvalue weighted by Crippen LogP contribution is 2.28. The average molecular weight is 474 g/mol. The first-order chi connectivity index (χ1) is 15.8. The first-order valence-corrected chi connectivity index (χ1v) is 10.8. The van der Waals surface area contributed by atoms with E-state index in [1.807, 2.05) is 13.8 Å². The third-order valence-electron chi connectivity index (χ3n) is 4.70. The molecule has 3 aromatic rings. The normalized spacial score (nSPS) is 10.7. The summed E-state index contributed by atoms with van der Waals surface area (Å²) in [6.45, 7) is 5.81. The van der Waals surface area contributed by atoms with Gasteiger partial charge < -0.3 is 23.9 Å². The molecule has 0 atom stereocenters. The van der Waals surface area contributed by atoms with Crippen molar-refractivity contribution in [3.63, 3.8) is 0 Å². The summed E-state index contributed by atoms with van der Waals surface area (Å²) in [5.41, 5.74) is 1.31. The lowest BCUT2D eigenvalue weighted by atomic mass is 10.1. The standard InChI is InChI=1S/C24H24ClNO7/c1-4-30-19-7-6-15(9-21(19)31-5-2)24(29)26-12-23(28)32-13-16-10-22(27)33-20-8-14(3)18(25)11-17(16)20/h6-11H,4-5,12-13H2,1-3H3,(H,26,29). The van der Waals surface area contributed by atoms with Gasteiger partial charge in [0.1, 0.15) is 18.7 Å². The van der Waals surface area contributed by atoms with Gasteiger partial charge in [-0.1, -0.05) is 11.6 Å². The lowest BCUT2D eigenvalue weighted by molar-refractivity contribution is -0.143. The van der Waals surface area contributed by atoms with Gasteiger partial charge in [0.25, 0.3) is 5.91 Å². The Balaban J connectivity index is 1.63. The minimum absolute atomic E-state index is 0.173. The van der Waals surface area contributed by atoms with Crippen molar-refractivity contribution in [2.75, 3.05) is 19.8 Å². The van der Waals surface area contributed by atoms with E-state index in [1.54, 1.807) is 37.3 Å². The smallest absolute Gasteiger partial charge is 0.336 e. The van der Waals surface area contributed by atoms with Gasteiger partial charge in [-0.25, -0.2) is 4.79 Å². The van der Waals surface area contributed by atoms with Gasteiger partial charge in [-0.3, -0.25) is 9.59 Å². The zero-order chi connectivity index (χ0) is 24.0. The summed E-state index contributed by atoms with van der Waals surface area (Å²) < 4.78 is 21.4. The Bertz CT molecular complexity index is 1240. The molecule has 3 rings (SSSR count). The van der Waals surface area contributed by atoms with Crippen LogP contribution in [0.4, 0.5) is 0 Å². The van der Waals surface area contributed by atoms with Crippen molar-refractivity contribution >= 4 is 34.4 Å². The van der Waals surface area contributed by atoms with Crippen molar-refractivity contribution in [3.05, 3.63) is 68.5 Å². The average Bonchev–Trinajstić information content (AvgIpc) is 2.78. The van der Waals surface area contributed by atoms with Crippen LogP contribution in [0.1, 0.15) is 35.3 Å². The lowest BCUT2D eigenvalue weighted by Crippen LogP contribution is -2.30. The Morgan fingerprint density at radius 2 is 1.76 bits per heavy atom. The summed E-state index contributed by atoms with van der Waals surface area (Å²) in [7, 11) is 0. The van der Waals surface area contributed by atoms with Crippen LogP contribution < -0.4 is 20.4 Å². The van der Waals surface area contributed by atoms with Crippen LogP contribution in [0.25, 0.3) is 11.0 Å². The lowest BCUT2D eigenvalue weighted by Gasteiger charge is -2.12. The minimum Gasteiger partial charge on any atom is -0.490 e. The molecule has 0 fully saturated rings. The van der Waals surface area contributed by atoms with E-state index in [1.165, 1.54) is 6.07 Å². The van der Waals surface area contributed by atoms with Crippen LogP contribution in [0.5, 0.6) is 11.5 Å². The highest BCUT2D eigenvalue weighted by Gasteiger charge is 2.14. The van der Waals surface area contributed by atoms with Crippen LogP contribution in [0, 0.1) is 6.92 Å². The van der Waals surface area contributed by atoms with Crippen LogP contribution >= 0.6 is 11.6 Å². The van der Waals surface area contributed by atoms with E-state index in [9.17, 15) is 14.4 Å². The largest absolute Gasteiger partial charge is 0.490 e. The molecule has 1 aromatic heterocycles. The molecule has 9 heteroatoms. The Morgan fingerprint density at radius 1 is 1.03 bits per heavy atom. The number of hydrogen-bond donors (Lipinski definition) is 1. The molecule has 0 radical (unpaired) electrons. The molecule has 0 saturated carbocycles. The highest BCUT2D eigenvalue weighted by molar-refractivity contribution is 6.32. The number of fused-ring (bicyclic) bond motifs is 1. The van der Waals surface area contributed by atoms with Crippen LogP contribution in [0.15, 0.2) is 45.6 Å². The van der Waals surface area contributed by atoms with Crippen LogP contribution in [-0.2, 0) is 16.1 Å². The second-order valence-electron chi connectivity index (χ2n) is 7.06. The van der Waals surface area contributed by atoms with Gasteiger partial charge in [-0.2, -0.15) is 0 Å². The molecule has 1 N–H and O–H groups in total. The molecule has 0 unspecified atom stereocenters. The predicted octanol–water partition coefficient (Wildman–Crippen LogP) is 4.03. The van der Waals surface area contributed by atoms with Gasteiger partial charge in [0, 0.05) is 27.6 Å². The van der Waals surface area contributed by atoms with E-state index < -0.39 is 17.5 Å². The van der Waals surface area contributed by atoms with Crippen LogP contribution in [0.2, 0.25) is 5.02 Å². The zero-order valence-corrected chi connectivity index (χ0v) is 19.3. The predicted molar refractivity (Wildman–Crippen MR) is 123 cm³/mol.